The Morgan fingerprint density at radius 3 is 2.71 bits per heavy atom. The zero-order valence-corrected chi connectivity index (χ0v) is 8.53. The summed E-state index contributed by atoms with van der Waals surface area (Å²) in [6, 6.07) is -0.331. The van der Waals surface area contributed by atoms with Gasteiger partial charge in [-0.3, -0.25) is 9.59 Å². The zero-order valence-electron chi connectivity index (χ0n) is 8.53. The highest BCUT2D eigenvalue weighted by molar-refractivity contribution is 5.91. The maximum atomic E-state index is 11.3. The molecule has 0 aliphatic carbocycles. The van der Waals surface area contributed by atoms with Gasteiger partial charge in [-0.15, -0.1) is 0 Å². The van der Waals surface area contributed by atoms with Crippen LogP contribution in [0.2, 0.25) is 0 Å². The average molecular weight is 201 g/mol. The third-order valence-electron chi connectivity index (χ3n) is 2.98. The van der Waals surface area contributed by atoms with Gasteiger partial charge in [-0.1, -0.05) is 0 Å². The second-order valence-electron chi connectivity index (χ2n) is 3.76. The lowest BCUT2D eigenvalue weighted by Crippen LogP contribution is -2.70. The maximum Gasteiger partial charge on any atom is 0.307 e. The molecule has 0 aromatic heterocycles. The molecule has 0 radical (unpaired) electrons. The van der Waals surface area contributed by atoms with E-state index in [1.165, 1.54) is 7.11 Å². The van der Waals surface area contributed by atoms with Crippen molar-refractivity contribution in [3.63, 3.8) is 0 Å². The van der Waals surface area contributed by atoms with Gasteiger partial charge in [0, 0.05) is 0 Å². The van der Waals surface area contributed by atoms with Crippen LogP contribution in [0.3, 0.4) is 0 Å². The molecule has 2 N–H and O–H groups in total. The van der Waals surface area contributed by atoms with E-state index in [9.17, 15) is 14.7 Å². The molecule has 0 saturated carbocycles. The fourth-order valence-electron chi connectivity index (χ4n) is 1.54. The maximum absolute atomic E-state index is 11.3. The molecule has 0 aromatic rings. The average Bonchev–Trinajstić information content (AvgIpc) is 2.15. The Kier molecular flexibility index (Phi) is 2.80. The molecule has 0 spiro atoms. The topological polar surface area (TPSA) is 75.6 Å². The molecule has 14 heavy (non-hydrogen) atoms. The first kappa shape index (κ1) is 11.0. The molecule has 0 unspecified atom stereocenters. The molecule has 0 bridgehead atoms. The van der Waals surface area contributed by atoms with E-state index in [0.29, 0.717) is 0 Å². The summed E-state index contributed by atoms with van der Waals surface area (Å²) in [4.78, 5) is 22.2. The summed E-state index contributed by atoms with van der Waals surface area (Å²) in [5.74, 6) is -0.608. The molecule has 1 fully saturated rings. The third-order valence-corrected chi connectivity index (χ3v) is 2.98. The van der Waals surface area contributed by atoms with E-state index in [2.05, 4.69) is 10.1 Å². The number of hydrogen-bond donors (Lipinski definition) is 2. The molecule has 5 nitrogen and oxygen atoms in total. The molecule has 80 valence electrons. The van der Waals surface area contributed by atoms with Gasteiger partial charge < -0.3 is 15.2 Å². The normalized spacial score (nSPS) is 32.9. The number of rotatable bonds is 3. The predicted molar refractivity (Wildman–Crippen MR) is 48.4 cm³/mol. The van der Waals surface area contributed by atoms with Gasteiger partial charge >= 0.3 is 5.97 Å². The lowest BCUT2D eigenvalue weighted by Gasteiger charge is -2.47. The Bertz CT molecular complexity index is 264. The Morgan fingerprint density at radius 1 is 1.79 bits per heavy atom. The van der Waals surface area contributed by atoms with Gasteiger partial charge in [-0.2, -0.15) is 0 Å². The lowest BCUT2D eigenvalue weighted by atomic mass is 9.69. The minimum absolute atomic E-state index is 0.101. The van der Waals surface area contributed by atoms with Crippen LogP contribution in [-0.2, 0) is 14.3 Å². The number of carbonyl (C=O) groups is 2. The van der Waals surface area contributed by atoms with Crippen molar-refractivity contribution in [2.45, 2.75) is 32.4 Å². The van der Waals surface area contributed by atoms with Gasteiger partial charge in [0.25, 0.3) is 0 Å². The van der Waals surface area contributed by atoms with Gasteiger partial charge in [0.05, 0.1) is 31.1 Å². The van der Waals surface area contributed by atoms with Crippen LogP contribution in [0.1, 0.15) is 20.3 Å². The summed E-state index contributed by atoms with van der Waals surface area (Å²) in [6.45, 7) is 3.19. The highest BCUT2D eigenvalue weighted by Crippen LogP contribution is 2.36. The first-order valence-corrected chi connectivity index (χ1v) is 4.48. The van der Waals surface area contributed by atoms with Crippen LogP contribution >= 0.6 is 0 Å². The summed E-state index contributed by atoms with van der Waals surface area (Å²) in [5.41, 5.74) is -0.867. The van der Waals surface area contributed by atoms with E-state index in [1.807, 2.05) is 0 Å². The smallest absolute Gasteiger partial charge is 0.307 e. The van der Waals surface area contributed by atoms with Gasteiger partial charge in [-0.05, 0) is 13.8 Å². The quantitative estimate of drug-likeness (QED) is 0.474. The number of hydrogen-bond acceptors (Lipinski definition) is 4. The molecule has 3 atom stereocenters. The molecule has 1 aliphatic rings. The van der Waals surface area contributed by atoms with Crippen molar-refractivity contribution in [2.24, 2.45) is 5.41 Å². The van der Waals surface area contributed by atoms with Crippen LogP contribution in [0.4, 0.5) is 0 Å². The molecular weight excluding hydrogens is 186 g/mol. The molecule has 1 amide bonds. The lowest BCUT2D eigenvalue weighted by molar-refractivity contribution is -0.159. The van der Waals surface area contributed by atoms with Crippen molar-refractivity contribution in [3.8, 4) is 0 Å². The van der Waals surface area contributed by atoms with Gasteiger partial charge in [0.1, 0.15) is 0 Å². The number of aliphatic hydroxyl groups is 1. The Balaban J connectivity index is 2.66. The van der Waals surface area contributed by atoms with Crippen molar-refractivity contribution in [3.05, 3.63) is 0 Å². The monoisotopic (exact) mass is 201 g/mol. The van der Waals surface area contributed by atoms with Gasteiger partial charge in [-0.25, -0.2) is 0 Å². The molecule has 1 rings (SSSR count). The number of amides is 1. The number of ether oxygens (including phenoxy) is 1. The van der Waals surface area contributed by atoms with Crippen LogP contribution < -0.4 is 5.32 Å². The van der Waals surface area contributed by atoms with Crippen LogP contribution in [0.5, 0.6) is 0 Å². The minimum Gasteiger partial charge on any atom is -0.469 e. The Morgan fingerprint density at radius 2 is 2.36 bits per heavy atom. The Labute approximate surface area is 82.4 Å². The van der Waals surface area contributed by atoms with E-state index in [4.69, 9.17) is 0 Å². The highest BCUT2D eigenvalue weighted by atomic mass is 16.5. The van der Waals surface area contributed by atoms with Crippen molar-refractivity contribution in [2.75, 3.05) is 7.11 Å². The number of esters is 1. The highest BCUT2D eigenvalue weighted by Gasteiger charge is 2.55. The molecule has 1 aliphatic heterocycles. The van der Waals surface area contributed by atoms with Crippen molar-refractivity contribution in [1.82, 2.24) is 5.32 Å². The van der Waals surface area contributed by atoms with Crippen molar-refractivity contribution in [1.29, 1.82) is 0 Å². The van der Waals surface area contributed by atoms with Crippen molar-refractivity contribution < 1.29 is 19.4 Å². The summed E-state index contributed by atoms with van der Waals surface area (Å²) in [5, 5.41) is 12.0. The fraction of sp³-hybridized carbons (Fsp3) is 0.778. The predicted octanol–water partition coefficient (Wildman–Crippen LogP) is -0.565. The summed E-state index contributed by atoms with van der Waals surface area (Å²) in [7, 11) is 1.29. The SMILES string of the molecule is COC(=O)C[C@@H]1NC(=O)[C@@]1(C)[C@H](C)O. The first-order chi connectivity index (χ1) is 6.42. The van der Waals surface area contributed by atoms with Crippen LogP contribution in [0.15, 0.2) is 0 Å². The van der Waals surface area contributed by atoms with E-state index >= 15 is 0 Å². The molecular formula is C9H15NO4. The summed E-state index contributed by atoms with van der Waals surface area (Å²) >= 11 is 0. The number of β-lactam (4-membered cyclic amide) rings is 1. The van der Waals surface area contributed by atoms with E-state index < -0.39 is 11.5 Å². The Hall–Kier alpha value is -1.10. The standard InChI is InChI=1S/C9H15NO4/c1-5(11)9(2)6(10-8(9)13)4-7(12)14-3/h5-6,11H,4H2,1-3H3,(H,10,13)/t5-,6-,9-/m0/s1. The number of methoxy groups -OCH3 is 1. The van der Waals surface area contributed by atoms with Gasteiger partial charge in [0.15, 0.2) is 0 Å². The van der Waals surface area contributed by atoms with Crippen LogP contribution in [-0.4, -0.2) is 36.2 Å². The number of carbonyl (C=O) groups excluding carboxylic acids is 2. The molecule has 1 heterocycles. The van der Waals surface area contributed by atoms with E-state index in [-0.39, 0.29) is 24.3 Å². The van der Waals surface area contributed by atoms with E-state index in [1.54, 1.807) is 13.8 Å². The second kappa shape index (κ2) is 3.57. The van der Waals surface area contributed by atoms with Crippen molar-refractivity contribution >= 4 is 11.9 Å². The van der Waals surface area contributed by atoms with Crippen LogP contribution in [0.25, 0.3) is 0 Å². The van der Waals surface area contributed by atoms with Gasteiger partial charge in [0.2, 0.25) is 5.91 Å². The van der Waals surface area contributed by atoms with E-state index in [0.717, 1.165) is 0 Å². The summed E-state index contributed by atoms with van der Waals surface area (Å²) < 4.78 is 4.49. The fourth-order valence-corrected chi connectivity index (χ4v) is 1.54. The summed E-state index contributed by atoms with van der Waals surface area (Å²) in [6.07, 6.45) is -0.671. The second-order valence-corrected chi connectivity index (χ2v) is 3.76. The zero-order chi connectivity index (χ0) is 10.9. The molecule has 1 saturated heterocycles. The molecule has 5 heteroatoms. The molecule has 0 aromatic carbocycles. The number of nitrogens with one attached hydrogen (secondary N) is 1. The minimum atomic E-state index is -0.867. The first-order valence-electron chi connectivity index (χ1n) is 4.48. The third kappa shape index (κ3) is 1.48. The number of aliphatic hydroxyl groups excluding tert-OH is 1. The van der Waals surface area contributed by atoms with Crippen LogP contribution in [0, 0.1) is 5.41 Å². The largest absolute Gasteiger partial charge is 0.469 e.